The summed E-state index contributed by atoms with van der Waals surface area (Å²) in [6.07, 6.45) is 2.11. The van der Waals surface area contributed by atoms with Crippen LogP contribution in [0.15, 0.2) is 4.99 Å². The molecule has 84 valence electrons. The SMILES string of the molecule is CCC(C)NC(N)=NCCCN(C)C. The number of guanidine groups is 1. The molecule has 0 aromatic heterocycles. The largest absolute Gasteiger partial charge is 0.370 e. The smallest absolute Gasteiger partial charge is 0.188 e. The van der Waals surface area contributed by atoms with Crippen molar-refractivity contribution < 1.29 is 0 Å². The van der Waals surface area contributed by atoms with Crippen molar-refractivity contribution in [2.24, 2.45) is 10.7 Å². The number of nitrogens with zero attached hydrogens (tertiary/aromatic N) is 2. The van der Waals surface area contributed by atoms with Crippen molar-refractivity contribution in [3.63, 3.8) is 0 Å². The number of hydrogen-bond donors (Lipinski definition) is 2. The van der Waals surface area contributed by atoms with Crippen LogP contribution in [0.5, 0.6) is 0 Å². The highest BCUT2D eigenvalue weighted by Gasteiger charge is 1.98. The summed E-state index contributed by atoms with van der Waals surface area (Å²) in [4.78, 5) is 6.39. The fourth-order valence-corrected chi connectivity index (χ4v) is 0.987. The average Bonchev–Trinajstić information content (AvgIpc) is 2.12. The van der Waals surface area contributed by atoms with Gasteiger partial charge in [0.25, 0.3) is 0 Å². The summed E-state index contributed by atoms with van der Waals surface area (Å²) >= 11 is 0. The highest BCUT2D eigenvalue weighted by molar-refractivity contribution is 5.78. The molecule has 0 radical (unpaired) electrons. The van der Waals surface area contributed by atoms with E-state index >= 15 is 0 Å². The van der Waals surface area contributed by atoms with E-state index in [4.69, 9.17) is 5.73 Å². The van der Waals surface area contributed by atoms with Gasteiger partial charge < -0.3 is 16.0 Å². The molecule has 0 aromatic carbocycles. The third-order valence-corrected chi connectivity index (χ3v) is 2.05. The lowest BCUT2D eigenvalue weighted by molar-refractivity contribution is 0.403. The fraction of sp³-hybridized carbons (Fsp3) is 0.900. The normalized spacial score (nSPS) is 14.5. The van der Waals surface area contributed by atoms with Crippen LogP contribution in [0.25, 0.3) is 0 Å². The predicted octanol–water partition coefficient (Wildman–Crippen LogP) is 0.641. The third kappa shape index (κ3) is 7.86. The Balaban J connectivity index is 3.56. The maximum Gasteiger partial charge on any atom is 0.188 e. The lowest BCUT2D eigenvalue weighted by atomic mass is 10.3. The van der Waals surface area contributed by atoms with Crippen LogP contribution >= 0.6 is 0 Å². The minimum Gasteiger partial charge on any atom is -0.370 e. The van der Waals surface area contributed by atoms with Crippen molar-refractivity contribution in [2.75, 3.05) is 27.2 Å². The van der Waals surface area contributed by atoms with Crippen LogP contribution < -0.4 is 11.1 Å². The van der Waals surface area contributed by atoms with Gasteiger partial charge in [-0.1, -0.05) is 6.92 Å². The Morgan fingerprint density at radius 3 is 2.64 bits per heavy atom. The van der Waals surface area contributed by atoms with Gasteiger partial charge in [0.1, 0.15) is 0 Å². The number of hydrogen-bond acceptors (Lipinski definition) is 2. The second-order valence-electron chi connectivity index (χ2n) is 3.88. The van der Waals surface area contributed by atoms with Gasteiger partial charge in [-0.25, -0.2) is 0 Å². The lowest BCUT2D eigenvalue weighted by Crippen LogP contribution is -2.38. The summed E-state index contributed by atoms with van der Waals surface area (Å²) in [6.45, 7) is 6.08. The van der Waals surface area contributed by atoms with Gasteiger partial charge in [-0.2, -0.15) is 0 Å². The van der Waals surface area contributed by atoms with E-state index in [-0.39, 0.29) is 0 Å². The molecule has 4 heteroatoms. The average molecular weight is 200 g/mol. The van der Waals surface area contributed by atoms with Gasteiger partial charge >= 0.3 is 0 Å². The second kappa shape index (κ2) is 7.62. The molecule has 1 unspecified atom stereocenters. The van der Waals surface area contributed by atoms with Crippen LogP contribution in [0.3, 0.4) is 0 Å². The van der Waals surface area contributed by atoms with E-state index in [0.29, 0.717) is 12.0 Å². The Kier molecular flexibility index (Phi) is 7.20. The highest BCUT2D eigenvalue weighted by atomic mass is 15.1. The first-order valence-corrected chi connectivity index (χ1v) is 5.27. The van der Waals surface area contributed by atoms with Crippen LogP contribution in [-0.2, 0) is 0 Å². The maximum absolute atomic E-state index is 5.69. The maximum atomic E-state index is 5.69. The summed E-state index contributed by atoms with van der Waals surface area (Å²) in [6, 6.07) is 0.410. The van der Waals surface area contributed by atoms with Gasteiger partial charge in [0.15, 0.2) is 5.96 Å². The molecule has 14 heavy (non-hydrogen) atoms. The first-order valence-electron chi connectivity index (χ1n) is 5.27. The molecule has 0 heterocycles. The Morgan fingerprint density at radius 1 is 1.50 bits per heavy atom. The van der Waals surface area contributed by atoms with E-state index in [0.717, 1.165) is 25.9 Å². The van der Waals surface area contributed by atoms with Crippen molar-refractivity contribution >= 4 is 5.96 Å². The highest BCUT2D eigenvalue weighted by Crippen LogP contribution is 1.88. The molecule has 3 N–H and O–H groups in total. The first kappa shape index (κ1) is 13.2. The molecule has 0 amide bonds. The zero-order chi connectivity index (χ0) is 11.0. The van der Waals surface area contributed by atoms with Gasteiger partial charge in [0.2, 0.25) is 0 Å². The van der Waals surface area contributed by atoms with Crippen LogP contribution in [0, 0.1) is 0 Å². The van der Waals surface area contributed by atoms with Crippen LogP contribution in [0.4, 0.5) is 0 Å². The van der Waals surface area contributed by atoms with Crippen molar-refractivity contribution in [1.29, 1.82) is 0 Å². The zero-order valence-electron chi connectivity index (χ0n) is 9.88. The number of nitrogens with one attached hydrogen (secondary N) is 1. The third-order valence-electron chi connectivity index (χ3n) is 2.05. The van der Waals surface area contributed by atoms with Crippen LogP contribution in [0.2, 0.25) is 0 Å². The topological polar surface area (TPSA) is 53.6 Å². The molecule has 0 saturated carbocycles. The van der Waals surface area contributed by atoms with Crippen LogP contribution in [-0.4, -0.2) is 44.1 Å². The van der Waals surface area contributed by atoms with E-state index in [2.05, 4.69) is 43.2 Å². The predicted molar refractivity (Wildman–Crippen MR) is 62.5 cm³/mol. The van der Waals surface area contributed by atoms with E-state index in [9.17, 15) is 0 Å². The van der Waals surface area contributed by atoms with Gasteiger partial charge in [-0.15, -0.1) is 0 Å². The molecule has 0 aliphatic carbocycles. The summed E-state index contributed by atoms with van der Waals surface area (Å²) < 4.78 is 0. The second-order valence-corrected chi connectivity index (χ2v) is 3.88. The number of nitrogens with two attached hydrogens (primary N) is 1. The van der Waals surface area contributed by atoms with E-state index in [1.807, 2.05) is 0 Å². The van der Waals surface area contributed by atoms with E-state index < -0.39 is 0 Å². The van der Waals surface area contributed by atoms with Crippen molar-refractivity contribution in [3.05, 3.63) is 0 Å². The molecule has 0 spiro atoms. The molecule has 0 fully saturated rings. The minimum absolute atomic E-state index is 0.410. The summed E-state index contributed by atoms with van der Waals surface area (Å²) in [7, 11) is 4.12. The molecular weight excluding hydrogens is 176 g/mol. The number of rotatable bonds is 6. The quantitative estimate of drug-likeness (QED) is 0.376. The molecule has 0 rings (SSSR count). The Bertz CT molecular complexity index is 166. The monoisotopic (exact) mass is 200 g/mol. The minimum atomic E-state index is 0.410. The van der Waals surface area contributed by atoms with Gasteiger partial charge in [-0.05, 0) is 40.4 Å². The van der Waals surface area contributed by atoms with E-state index in [1.54, 1.807) is 0 Å². The van der Waals surface area contributed by atoms with Gasteiger partial charge in [0.05, 0.1) is 0 Å². The fourth-order valence-electron chi connectivity index (χ4n) is 0.987. The first-order chi connectivity index (χ1) is 6.56. The summed E-state index contributed by atoms with van der Waals surface area (Å²) in [5.41, 5.74) is 5.69. The van der Waals surface area contributed by atoms with E-state index in [1.165, 1.54) is 0 Å². The molecule has 1 atom stereocenters. The van der Waals surface area contributed by atoms with Gasteiger partial charge in [0, 0.05) is 12.6 Å². The van der Waals surface area contributed by atoms with Crippen molar-refractivity contribution in [1.82, 2.24) is 10.2 Å². The standard InChI is InChI=1S/C10H24N4/c1-5-9(2)13-10(11)12-7-6-8-14(3)4/h9H,5-8H2,1-4H3,(H3,11,12,13). The summed E-state index contributed by atoms with van der Waals surface area (Å²) in [5.74, 6) is 0.568. The molecule has 0 aliphatic heterocycles. The Labute approximate surface area is 87.6 Å². The molecule has 0 aromatic rings. The molecular formula is C10H24N4. The molecule has 0 saturated heterocycles. The van der Waals surface area contributed by atoms with Crippen LogP contribution in [0.1, 0.15) is 26.7 Å². The Hall–Kier alpha value is -0.770. The van der Waals surface area contributed by atoms with Crippen molar-refractivity contribution in [3.8, 4) is 0 Å². The molecule has 0 bridgehead atoms. The Morgan fingerprint density at radius 2 is 2.14 bits per heavy atom. The zero-order valence-corrected chi connectivity index (χ0v) is 9.88. The summed E-state index contributed by atoms with van der Waals surface area (Å²) in [5, 5.41) is 3.13. The lowest BCUT2D eigenvalue weighted by Gasteiger charge is -2.12. The molecule has 0 aliphatic rings. The van der Waals surface area contributed by atoms with Gasteiger partial charge in [-0.3, -0.25) is 4.99 Å². The molecule has 4 nitrogen and oxygen atoms in total. The number of aliphatic imine (C=N–C) groups is 1. The van der Waals surface area contributed by atoms with Crippen molar-refractivity contribution in [2.45, 2.75) is 32.7 Å².